The lowest BCUT2D eigenvalue weighted by atomic mass is 10.1. The van der Waals surface area contributed by atoms with Gasteiger partial charge in [0.25, 0.3) is 5.91 Å². The first-order chi connectivity index (χ1) is 14.3. The Hall–Kier alpha value is -3.19. The molecule has 7 heteroatoms. The van der Waals surface area contributed by atoms with E-state index in [-0.39, 0.29) is 30.8 Å². The zero-order valence-electron chi connectivity index (χ0n) is 18.1. The number of anilines is 1. The van der Waals surface area contributed by atoms with E-state index in [0.29, 0.717) is 12.1 Å². The predicted octanol–water partition coefficient (Wildman–Crippen LogP) is 2.14. The molecule has 0 aromatic heterocycles. The van der Waals surface area contributed by atoms with Crippen LogP contribution in [0.4, 0.5) is 5.69 Å². The maximum atomic E-state index is 12.5. The van der Waals surface area contributed by atoms with Crippen molar-refractivity contribution in [2.45, 2.75) is 19.9 Å². The lowest BCUT2D eigenvalue weighted by molar-refractivity contribution is -0.134. The van der Waals surface area contributed by atoms with E-state index in [1.807, 2.05) is 55.3 Å². The van der Waals surface area contributed by atoms with Crippen molar-refractivity contribution < 1.29 is 14.4 Å². The minimum atomic E-state index is -0.223. The molecule has 7 nitrogen and oxygen atoms in total. The number of hydrogen-bond acceptors (Lipinski definition) is 4. The van der Waals surface area contributed by atoms with Gasteiger partial charge in [0.05, 0.1) is 13.1 Å². The molecular formula is C23H30N4O3. The van der Waals surface area contributed by atoms with Crippen molar-refractivity contribution >= 4 is 23.4 Å². The lowest BCUT2D eigenvalue weighted by Crippen LogP contribution is -2.40. The maximum absolute atomic E-state index is 12.5. The number of nitrogens with zero attached hydrogens (tertiary/aromatic N) is 2. The van der Waals surface area contributed by atoms with Gasteiger partial charge in [-0.15, -0.1) is 0 Å². The second-order valence-corrected chi connectivity index (χ2v) is 7.26. The highest BCUT2D eigenvalue weighted by atomic mass is 16.2. The quantitative estimate of drug-likeness (QED) is 0.664. The lowest BCUT2D eigenvalue weighted by Gasteiger charge is -2.22. The predicted molar refractivity (Wildman–Crippen MR) is 118 cm³/mol. The molecule has 0 unspecified atom stereocenters. The first kappa shape index (κ1) is 23.1. The summed E-state index contributed by atoms with van der Waals surface area (Å²) in [5, 5.41) is 5.47. The molecule has 2 aromatic rings. The van der Waals surface area contributed by atoms with Crippen LogP contribution in [-0.4, -0.2) is 61.8 Å². The molecule has 0 bridgehead atoms. The molecular weight excluding hydrogens is 380 g/mol. The Labute approximate surface area is 178 Å². The molecule has 0 heterocycles. The number of benzene rings is 2. The van der Waals surface area contributed by atoms with Gasteiger partial charge in [0.2, 0.25) is 11.8 Å². The molecule has 30 heavy (non-hydrogen) atoms. The molecule has 0 aliphatic carbocycles. The number of nitrogens with one attached hydrogen (secondary N) is 2. The average molecular weight is 411 g/mol. The van der Waals surface area contributed by atoms with Gasteiger partial charge in [0.1, 0.15) is 0 Å². The van der Waals surface area contributed by atoms with Gasteiger partial charge in [-0.3, -0.25) is 19.3 Å². The third kappa shape index (κ3) is 6.70. The normalized spacial score (nSPS) is 10.6. The van der Waals surface area contributed by atoms with E-state index in [0.717, 1.165) is 23.2 Å². The third-order valence-corrected chi connectivity index (χ3v) is 4.78. The number of amides is 3. The molecule has 0 fully saturated rings. The number of aryl methyl sites for hydroxylation is 1. The van der Waals surface area contributed by atoms with Crippen molar-refractivity contribution in [2.24, 2.45) is 0 Å². The SMILES string of the molecule is CCc1ccccc1NC(=O)CN(C)C(=O)CN(C)Cc1ccc(C(=O)NC)cc1. The van der Waals surface area contributed by atoms with Gasteiger partial charge >= 0.3 is 0 Å². The summed E-state index contributed by atoms with van der Waals surface area (Å²) in [6, 6.07) is 14.9. The second kappa shape index (κ2) is 11.1. The molecule has 0 radical (unpaired) electrons. The van der Waals surface area contributed by atoms with Crippen LogP contribution >= 0.6 is 0 Å². The summed E-state index contributed by atoms with van der Waals surface area (Å²) in [4.78, 5) is 39.7. The molecule has 3 amide bonds. The number of carbonyl (C=O) groups is 3. The number of para-hydroxylation sites is 1. The minimum Gasteiger partial charge on any atom is -0.355 e. The fraction of sp³-hybridized carbons (Fsp3) is 0.348. The first-order valence-corrected chi connectivity index (χ1v) is 9.95. The monoisotopic (exact) mass is 410 g/mol. The second-order valence-electron chi connectivity index (χ2n) is 7.26. The molecule has 0 saturated heterocycles. The van der Waals surface area contributed by atoms with Crippen molar-refractivity contribution in [2.75, 3.05) is 39.5 Å². The zero-order valence-corrected chi connectivity index (χ0v) is 18.1. The Kier molecular flexibility index (Phi) is 8.55. The van der Waals surface area contributed by atoms with E-state index in [1.165, 1.54) is 4.90 Å². The molecule has 2 aromatic carbocycles. The van der Waals surface area contributed by atoms with Crippen molar-refractivity contribution in [3.63, 3.8) is 0 Å². The molecule has 0 spiro atoms. The van der Waals surface area contributed by atoms with Crippen LogP contribution in [0.1, 0.15) is 28.4 Å². The van der Waals surface area contributed by atoms with Crippen LogP contribution in [0.15, 0.2) is 48.5 Å². The smallest absolute Gasteiger partial charge is 0.251 e. The van der Waals surface area contributed by atoms with Crippen LogP contribution in [0.25, 0.3) is 0 Å². The Morgan fingerprint density at radius 2 is 1.60 bits per heavy atom. The van der Waals surface area contributed by atoms with Crippen LogP contribution in [0.3, 0.4) is 0 Å². The van der Waals surface area contributed by atoms with Crippen LogP contribution in [0, 0.1) is 0 Å². The molecule has 0 aliphatic heterocycles. The van der Waals surface area contributed by atoms with Gasteiger partial charge in [-0.25, -0.2) is 0 Å². The molecule has 2 rings (SSSR count). The summed E-state index contributed by atoms with van der Waals surface area (Å²) in [7, 11) is 5.06. The first-order valence-electron chi connectivity index (χ1n) is 9.95. The summed E-state index contributed by atoms with van der Waals surface area (Å²) < 4.78 is 0. The summed E-state index contributed by atoms with van der Waals surface area (Å²) in [5.74, 6) is -0.496. The zero-order chi connectivity index (χ0) is 22.1. The Balaban J connectivity index is 1.84. The number of hydrogen-bond donors (Lipinski definition) is 2. The molecule has 0 aliphatic rings. The number of carbonyl (C=O) groups excluding carboxylic acids is 3. The Morgan fingerprint density at radius 1 is 0.933 bits per heavy atom. The summed E-state index contributed by atoms with van der Waals surface area (Å²) in [5.41, 5.74) is 3.43. The van der Waals surface area contributed by atoms with Gasteiger partial charge in [-0.1, -0.05) is 37.3 Å². The summed E-state index contributed by atoms with van der Waals surface area (Å²) in [6.45, 7) is 2.77. The Morgan fingerprint density at radius 3 is 2.23 bits per heavy atom. The van der Waals surface area contributed by atoms with Crippen molar-refractivity contribution in [1.29, 1.82) is 0 Å². The van der Waals surface area contributed by atoms with Crippen LogP contribution in [-0.2, 0) is 22.6 Å². The summed E-state index contributed by atoms with van der Waals surface area (Å²) in [6.07, 6.45) is 0.820. The molecule has 0 saturated carbocycles. The van der Waals surface area contributed by atoms with Gasteiger partial charge in [0.15, 0.2) is 0 Å². The largest absolute Gasteiger partial charge is 0.355 e. The number of likely N-dealkylation sites (N-methyl/N-ethyl adjacent to an activating group) is 2. The molecule has 160 valence electrons. The Bertz CT molecular complexity index is 880. The van der Waals surface area contributed by atoms with Gasteiger partial charge in [0, 0.05) is 31.9 Å². The maximum Gasteiger partial charge on any atom is 0.251 e. The molecule has 2 N–H and O–H groups in total. The van der Waals surface area contributed by atoms with Gasteiger partial charge in [-0.2, -0.15) is 0 Å². The highest BCUT2D eigenvalue weighted by molar-refractivity contribution is 5.95. The van der Waals surface area contributed by atoms with Crippen LogP contribution < -0.4 is 10.6 Å². The minimum absolute atomic E-state index is 0.00838. The van der Waals surface area contributed by atoms with Crippen LogP contribution in [0.2, 0.25) is 0 Å². The summed E-state index contributed by atoms with van der Waals surface area (Å²) >= 11 is 0. The average Bonchev–Trinajstić information content (AvgIpc) is 2.73. The standard InChI is InChI=1S/C23H30N4O3/c1-5-18-8-6-7-9-20(18)25-21(28)15-27(4)22(29)16-26(3)14-17-10-12-19(13-11-17)23(30)24-2/h6-13H,5,14-16H2,1-4H3,(H,24,30)(H,25,28). The van der Waals surface area contributed by atoms with Gasteiger partial charge < -0.3 is 15.5 Å². The van der Waals surface area contributed by atoms with E-state index < -0.39 is 0 Å². The highest BCUT2D eigenvalue weighted by Crippen LogP contribution is 2.15. The van der Waals surface area contributed by atoms with Crippen LogP contribution in [0.5, 0.6) is 0 Å². The van der Waals surface area contributed by atoms with E-state index in [9.17, 15) is 14.4 Å². The highest BCUT2D eigenvalue weighted by Gasteiger charge is 2.16. The fourth-order valence-corrected chi connectivity index (χ4v) is 3.07. The fourth-order valence-electron chi connectivity index (χ4n) is 3.07. The van der Waals surface area contributed by atoms with Crippen molar-refractivity contribution in [1.82, 2.24) is 15.1 Å². The van der Waals surface area contributed by atoms with E-state index in [2.05, 4.69) is 10.6 Å². The number of rotatable bonds is 9. The van der Waals surface area contributed by atoms with Crippen molar-refractivity contribution in [3.8, 4) is 0 Å². The third-order valence-electron chi connectivity index (χ3n) is 4.78. The van der Waals surface area contributed by atoms with E-state index in [1.54, 1.807) is 26.2 Å². The van der Waals surface area contributed by atoms with E-state index >= 15 is 0 Å². The molecule has 0 atom stereocenters. The van der Waals surface area contributed by atoms with Gasteiger partial charge in [-0.05, 0) is 42.8 Å². The van der Waals surface area contributed by atoms with Crippen molar-refractivity contribution in [3.05, 3.63) is 65.2 Å². The topological polar surface area (TPSA) is 81.8 Å². The van der Waals surface area contributed by atoms with E-state index in [4.69, 9.17) is 0 Å².